The van der Waals surface area contributed by atoms with Gasteiger partial charge in [-0.25, -0.2) is 0 Å². The van der Waals surface area contributed by atoms with E-state index in [1.54, 1.807) is 0 Å². The predicted molar refractivity (Wildman–Crippen MR) is 67.3 cm³/mol. The van der Waals surface area contributed by atoms with E-state index >= 15 is 0 Å². The Hall–Kier alpha value is 0.110. The minimum atomic E-state index is -0.711. The molecule has 0 saturated heterocycles. The molecule has 2 atom stereocenters. The molecule has 2 unspecified atom stereocenters. The third kappa shape index (κ3) is 4.64. The highest BCUT2D eigenvalue weighted by Crippen LogP contribution is 2.26. The molecule has 0 radical (unpaired) electrons. The summed E-state index contributed by atoms with van der Waals surface area (Å²) in [6.07, 6.45) is 5.20. The zero-order chi connectivity index (χ0) is 11.5. The minimum Gasteiger partial charge on any atom is -0.326 e. The van der Waals surface area contributed by atoms with Gasteiger partial charge in [0.25, 0.3) is 0 Å². The van der Waals surface area contributed by atoms with E-state index < -0.39 is 10.8 Å². The molecule has 1 rings (SSSR count). The molecule has 15 heavy (non-hydrogen) atoms. The molecule has 90 valence electrons. The monoisotopic (exact) mass is 231 g/mol. The second-order valence-electron chi connectivity index (χ2n) is 5.90. The van der Waals surface area contributed by atoms with Gasteiger partial charge in [-0.15, -0.1) is 0 Å². The maximum atomic E-state index is 11.9. The Bertz CT molecular complexity index is 216. The van der Waals surface area contributed by atoms with Gasteiger partial charge in [-0.3, -0.25) is 4.21 Å². The summed E-state index contributed by atoms with van der Waals surface area (Å²) < 4.78 is 11.9. The van der Waals surface area contributed by atoms with Crippen molar-refractivity contribution in [2.45, 2.75) is 52.5 Å². The number of rotatable bonds is 4. The van der Waals surface area contributed by atoms with Crippen LogP contribution in [0, 0.1) is 11.3 Å². The summed E-state index contributed by atoms with van der Waals surface area (Å²) in [6.45, 7) is 6.35. The van der Waals surface area contributed by atoms with Crippen molar-refractivity contribution >= 4 is 10.8 Å². The molecule has 0 spiro atoms. The van der Waals surface area contributed by atoms with E-state index in [4.69, 9.17) is 5.73 Å². The average Bonchev–Trinajstić information content (AvgIpc) is 2.54. The van der Waals surface area contributed by atoms with Gasteiger partial charge in [0.05, 0.1) is 0 Å². The Balaban J connectivity index is 2.29. The Morgan fingerprint density at radius 1 is 1.33 bits per heavy atom. The van der Waals surface area contributed by atoms with Crippen molar-refractivity contribution < 1.29 is 4.21 Å². The first-order valence-corrected chi connectivity index (χ1v) is 7.49. The van der Waals surface area contributed by atoms with Gasteiger partial charge in [0.2, 0.25) is 0 Å². The van der Waals surface area contributed by atoms with Crippen molar-refractivity contribution in [1.29, 1.82) is 0 Å². The van der Waals surface area contributed by atoms with Gasteiger partial charge in [-0.2, -0.15) is 0 Å². The first-order valence-electron chi connectivity index (χ1n) is 6.00. The number of hydrogen-bond acceptors (Lipinski definition) is 2. The summed E-state index contributed by atoms with van der Waals surface area (Å²) in [5.41, 5.74) is 6.11. The lowest BCUT2D eigenvalue weighted by Crippen LogP contribution is -2.40. The fourth-order valence-electron chi connectivity index (χ4n) is 1.96. The number of hydrogen-bond donors (Lipinski definition) is 1. The Kier molecular flexibility index (Phi) is 4.78. The molecule has 1 saturated carbocycles. The summed E-state index contributed by atoms with van der Waals surface area (Å²) in [5.74, 6) is 2.25. The van der Waals surface area contributed by atoms with Crippen LogP contribution in [0.3, 0.4) is 0 Å². The molecular formula is C12H25NOS. The van der Waals surface area contributed by atoms with Crippen LogP contribution in [0.4, 0.5) is 0 Å². The van der Waals surface area contributed by atoms with Crippen LogP contribution in [0.15, 0.2) is 0 Å². The Morgan fingerprint density at radius 2 is 1.87 bits per heavy atom. The zero-order valence-electron chi connectivity index (χ0n) is 10.3. The molecule has 0 heterocycles. The molecule has 2 N–H and O–H groups in total. The van der Waals surface area contributed by atoms with E-state index in [2.05, 4.69) is 20.8 Å². The van der Waals surface area contributed by atoms with E-state index in [0.29, 0.717) is 11.7 Å². The highest BCUT2D eigenvalue weighted by molar-refractivity contribution is 7.85. The highest BCUT2D eigenvalue weighted by atomic mass is 32.2. The number of nitrogens with two attached hydrogens (primary N) is 1. The molecule has 1 aliphatic rings. The highest BCUT2D eigenvalue weighted by Gasteiger charge is 2.24. The van der Waals surface area contributed by atoms with E-state index in [1.807, 2.05) is 0 Å². The van der Waals surface area contributed by atoms with Gasteiger partial charge >= 0.3 is 0 Å². The summed E-state index contributed by atoms with van der Waals surface area (Å²) >= 11 is 0. The summed E-state index contributed by atoms with van der Waals surface area (Å²) in [6, 6.07) is 0.0553. The quantitative estimate of drug-likeness (QED) is 0.807. The van der Waals surface area contributed by atoms with Crippen LogP contribution in [-0.2, 0) is 10.8 Å². The molecular weight excluding hydrogens is 206 g/mol. The third-order valence-corrected chi connectivity index (χ3v) is 4.95. The van der Waals surface area contributed by atoms with Crippen LogP contribution in [0.25, 0.3) is 0 Å². The average molecular weight is 231 g/mol. The lowest BCUT2D eigenvalue weighted by atomic mass is 9.89. The van der Waals surface area contributed by atoms with Crippen LogP contribution in [0.5, 0.6) is 0 Å². The van der Waals surface area contributed by atoms with Crippen molar-refractivity contribution in [3.63, 3.8) is 0 Å². The Morgan fingerprint density at radius 3 is 2.33 bits per heavy atom. The second-order valence-corrected chi connectivity index (χ2v) is 7.44. The van der Waals surface area contributed by atoms with Gasteiger partial charge in [0.15, 0.2) is 0 Å². The van der Waals surface area contributed by atoms with E-state index in [0.717, 1.165) is 5.75 Å². The van der Waals surface area contributed by atoms with E-state index in [-0.39, 0.29) is 11.5 Å². The molecule has 1 fully saturated rings. The van der Waals surface area contributed by atoms with Crippen LogP contribution >= 0.6 is 0 Å². The van der Waals surface area contributed by atoms with Crippen molar-refractivity contribution in [3.05, 3.63) is 0 Å². The van der Waals surface area contributed by atoms with Crippen LogP contribution in [0.1, 0.15) is 46.5 Å². The van der Waals surface area contributed by atoms with Crippen LogP contribution in [0.2, 0.25) is 0 Å². The summed E-state index contributed by atoms with van der Waals surface area (Å²) in [4.78, 5) is 0. The molecule has 0 aromatic rings. The molecule has 0 aromatic heterocycles. The molecule has 3 heteroatoms. The summed E-state index contributed by atoms with van der Waals surface area (Å²) in [7, 11) is -0.711. The SMILES string of the molecule is CC(C)(C)C(N)CS(=O)CC1CCCC1. The van der Waals surface area contributed by atoms with Crippen LogP contribution < -0.4 is 5.73 Å². The van der Waals surface area contributed by atoms with Gasteiger partial charge in [-0.1, -0.05) is 33.6 Å². The topological polar surface area (TPSA) is 43.1 Å². The summed E-state index contributed by atoms with van der Waals surface area (Å²) in [5, 5.41) is 0. The fourth-order valence-corrected chi connectivity index (χ4v) is 3.85. The normalized spacial score (nSPS) is 22.9. The maximum Gasteiger partial charge on any atom is 0.0391 e. The first-order chi connectivity index (χ1) is 6.89. The van der Waals surface area contributed by atoms with Gasteiger partial charge in [-0.05, 0) is 24.2 Å². The molecule has 0 aromatic carbocycles. The Labute approximate surface area is 96.5 Å². The van der Waals surface area contributed by atoms with Crippen molar-refractivity contribution in [1.82, 2.24) is 0 Å². The fraction of sp³-hybridized carbons (Fsp3) is 1.00. The standard InChI is InChI=1S/C12H25NOS/c1-12(2,3)11(13)9-15(14)8-10-6-4-5-7-10/h10-11H,4-9,13H2,1-3H3. The predicted octanol–water partition coefficient (Wildman–Crippen LogP) is 2.30. The molecule has 1 aliphatic carbocycles. The lowest BCUT2D eigenvalue weighted by Gasteiger charge is -2.26. The molecule has 0 bridgehead atoms. The lowest BCUT2D eigenvalue weighted by molar-refractivity contribution is 0.342. The molecule has 0 amide bonds. The van der Waals surface area contributed by atoms with Gasteiger partial charge in [0, 0.05) is 28.3 Å². The largest absolute Gasteiger partial charge is 0.326 e. The zero-order valence-corrected chi connectivity index (χ0v) is 11.1. The van der Waals surface area contributed by atoms with Crippen molar-refractivity contribution in [3.8, 4) is 0 Å². The first kappa shape index (κ1) is 13.2. The van der Waals surface area contributed by atoms with Gasteiger partial charge < -0.3 is 5.73 Å². The smallest absolute Gasteiger partial charge is 0.0391 e. The van der Waals surface area contributed by atoms with Crippen molar-refractivity contribution in [2.24, 2.45) is 17.1 Å². The minimum absolute atomic E-state index is 0.0553. The van der Waals surface area contributed by atoms with Crippen LogP contribution in [-0.4, -0.2) is 21.8 Å². The van der Waals surface area contributed by atoms with Gasteiger partial charge in [0.1, 0.15) is 0 Å². The molecule has 2 nitrogen and oxygen atoms in total. The van der Waals surface area contributed by atoms with E-state index in [1.165, 1.54) is 25.7 Å². The maximum absolute atomic E-state index is 11.9. The second kappa shape index (κ2) is 5.44. The molecule has 0 aliphatic heterocycles. The third-order valence-electron chi connectivity index (χ3n) is 3.37. The van der Waals surface area contributed by atoms with E-state index in [9.17, 15) is 4.21 Å². The van der Waals surface area contributed by atoms with Crippen molar-refractivity contribution in [2.75, 3.05) is 11.5 Å².